The molecule has 1 saturated heterocycles. The molecule has 31 heavy (non-hydrogen) atoms. The average Bonchev–Trinajstić information content (AvgIpc) is 2.77. The lowest BCUT2D eigenvalue weighted by atomic mass is 10.1. The number of rotatable bonds is 8. The van der Waals surface area contributed by atoms with Crippen molar-refractivity contribution in [2.24, 2.45) is 4.99 Å². The van der Waals surface area contributed by atoms with Crippen molar-refractivity contribution in [3.05, 3.63) is 70.8 Å². The van der Waals surface area contributed by atoms with Gasteiger partial charge in [-0.3, -0.25) is 0 Å². The van der Waals surface area contributed by atoms with E-state index in [9.17, 15) is 8.78 Å². The molecular formula is C23H30F2IN3O2. The highest BCUT2D eigenvalue weighted by atomic mass is 127. The number of halogens is 3. The Morgan fingerprint density at radius 1 is 1.10 bits per heavy atom. The molecule has 5 nitrogen and oxygen atoms in total. The van der Waals surface area contributed by atoms with Crippen molar-refractivity contribution < 1.29 is 18.3 Å². The van der Waals surface area contributed by atoms with E-state index in [2.05, 4.69) is 21.7 Å². The normalized spacial score (nSPS) is 14.7. The number of aliphatic imine (C=N–C) groups is 1. The fourth-order valence-electron chi connectivity index (χ4n) is 3.24. The Labute approximate surface area is 199 Å². The van der Waals surface area contributed by atoms with Crippen LogP contribution in [0.2, 0.25) is 0 Å². The van der Waals surface area contributed by atoms with Crippen molar-refractivity contribution in [1.29, 1.82) is 0 Å². The maximum Gasteiger partial charge on any atom is 0.191 e. The van der Waals surface area contributed by atoms with Crippen molar-refractivity contribution in [2.45, 2.75) is 45.6 Å². The minimum Gasteiger partial charge on any atom is -0.381 e. The molecule has 0 radical (unpaired) electrons. The molecule has 1 heterocycles. The second kappa shape index (κ2) is 13.6. The van der Waals surface area contributed by atoms with E-state index >= 15 is 0 Å². The first-order chi connectivity index (χ1) is 14.6. The van der Waals surface area contributed by atoms with Gasteiger partial charge < -0.3 is 20.1 Å². The third-order valence-corrected chi connectivity index (χ3v) is 4.86. The maximum absolute atomic E-state index is 13.8. The Kier molecular flexibility index (Phi) is 11.2. The minimum absolute atomic E-state index is 0. The van der Waals surface area contributed by atoms with Crippen LogP contribution < -0.4 is 10.6 Å². The Morgan fingerprint density at radius 3 is 2.65 bits per heavy atom. The zero-order valence-electron chi connectivity index (χ0n) is 17.7. The summed E-state index contributed by atoms with van der Waals surface area (Å²) in [5.41, 5.74) is 2.42. The standard InChI is InChI=1S/C23H29F2N3O2.HI/c1-2-26-23(28-15-19-13-20(24)6-7-22(19)25)27-14-17-4-3-5-18(12-17)16-30-21-8-10-29-11-9-21;/h3-7,12-13,21H,2,8-11,14-16H2,1H3,(H2,26,27,28);1H. The van der Waals surface area contributed by atoms with Crippen LogP contribution >= 0.6 is 24.0 Å². The van der Waals surface area contributed by atoms with Gasteiger partial charge in [-0.15, -0.1) is 24.0 Å². The zero-order chi connectivity index (χ0) is 21.2. The first-order valence-electron chi connectivity index (χ1n) is 10.4. The first-order valence-corrected chi connectivity index (χ1v) is 10.4. The van der Waals surface area contributed by atoms with Gasteiger partial charge in [-0.2, -0.15) is 0 Å². The monoisotopic (exact) mass is 545 g/mol. The van der Waals surface area contributed by atoms with Crippen LogP contribution in [0.15, 0.2) is 47.5 Å². The summed E-state index contributed by atoms with van der Waals surface area (Å²) >= 11 is 0. The van der Waals surface area contributed by atoms with Crippen LogP contribution in [-0.2, 0) is 29.2 Å². The van der Waals surface area contributed by atoms with Crippen LogP contribution in [-0.4, -0.2) is 31.8 Å². The fourth-order valence-corrected chi connectivity index (χ4v) is 3.24. The van der Waals surface area contributed by atoms with E-state index in [1.165, 1.54) is 6.07 Å². The highest BCUT2D eigenvalue weighted by Crippen LogP contribution is 2.15. The van der Waals surface area contributed by atoms with Gasteiger partial charge in [0.2, 0.25) is 0 Å². The Bertz CT molecular complexity index is 845. The smallest absolute Gasteiger partial charge is 0.191 e. The zero-order valence-corrected chi connectivity index (χ0v) is 20.0. The van der Waals surface area contributed by atoms with Crippen molar-refractivity contribution in [1.82, 2.24) is 10.6 Å². The van der Waals surface area contributed by atoms with Crippen LogP contribution in [0.4, 0.5) is 8.78 Å². The third kappa shape index (κ3) is 8.70. The van der Waals surface area contributed by atoms with E-state index < -0.39 is 11.6 Å². The van der Waals surface area contributed by atoms with Gasteiger partial charge in [0, 0.05) is 31.9 Å². The van der Waals surface area contributed by atoms with Gasteiger partial charge in [0.25, 0.3) is 0 Å². The lowest BCUT2D eigenvalue weighted by Gasteiger charge is -2.22. The van der Waals surface area contributed by atoms with Crippen LogP contribution in [0.5, 0.6) is 0 Å². The number of hydrogen-bond donors (Lipinski definition) is 2. The SMILES string of the molecule is CCNC(=NCc1cccc(COC2CCOCC2)c1)NCc1cc(F)ccc1F.I. The van der Waals surface area contributed by atoms with Gasteiger partial charge in [0.15, 0.2) is 5.96 Å². The summed E-state index contributed by atoms with van der Waals surface area (Å²) in [5, 5.41) is 6.18. The highest BCUT2D eigenvalue weighted by molar-refractivity contribution is 14.0. The second-order valence-electron chi connectivity index (χ2n) is 7.23. The van der Waals surface area contributed by atoms with E-state index in [1.807, 2.05) is 25.1 Å². The quantitative estimate of drug-likeness (QED) is 0.291. The summed E-state index contributed by atoms with van der Waals surface area (Å²) < 4.78 is 38.5. The predicted octanol–water partition coefficient (Wildman–Crippen LogP) is 4.53. The molecule has 0 aromatic heterocycles. The Balaban J connectivity index is 0.00000341. The maximum atomic E-state index is 13.8. The minimum atomic E-state index is -0.463. The summed E-state index contributed by atoms with van der Waals surface area (Å²) in [7, 11) is 0. The molecule has 1 aliphatic rings. The van der Waals surface area contributed by atoms with Gasteiger partial charge in [-0.1, -0.05) is 24.3 Å². The molecule has 2 N–H and O–H groups in total. The van der Waals surface area contributed by atoms with Crippen LogP contribution in [0.3, 0.4) is 0 Å². The topological polar surface area (TPSA) is 54.9 Å². The molecule has 170 valence electrons. The summed E-state index contributed by atoms with van der Waals surface area (Å²) in [5.74, 6) is -0.364. The van der Waals surface area contributed by atoms with Crippen molar-refractivity contribution in [3.8, 4) is 0 Å². The molecular weight excluding hydrogens is 515 g/mol. The third-order valence-electron chi connectivity index (χ3n) is 4.86. The van der Waals surface area contributed by atoms with Gasteiger partial charge in [-0.25, -0.2) is 13.8 Å². The van der Waals surface area contributed by atoms with Crippen LogP contribution in [0, 0.1) is 11.6 Å². The average molecular weight is 545 g/mol. The second-order valence-corrected chi connectivity index (χ2v) is 7.23. The largest absolute Gasteiger partial charge is 0.381 e. The highest BCUT2D eigenvalue weighted by Gasteiger charge is 2.14. The molecule has 8 heteroatoms. The molecule has 2 aromatic carbocycles. The molecule has 0 saturated carbocycles. The number of guanidine groups is 1. The van der Waals surface area contributed by atoms with Gasteiger partial charge in [0.1, 0.15) is 11.6 Å². The summed E-state index contributed by atoms with van der Waals surface area (Å²) in [4.78, 5) is 4.56. The number of nitrogens with zero attached hydrogens (tertiary/aromatic N) is 1. The summed E-state index contributed by atoms with van der Waals surface area (Å²) in [6.07, 6.45) is 2.13. The molecule has 0 unspecified atom stereocenters. The van der Waals surface area contributed by atoms with Gasteiger partial charge >= 0.3 is 0 Å². The molecule has 3 rings (SSSR count). The Hall–Kier alpha value is -1.78. The number of hydrogen-bond acceptors (Lipinski definition) is 3. The fraction of sp³-hybridized carbons (Fsp3) is 0.435. The molecule has 0 spiro atoms. The molecule has 0 bridgehead atoms. The first kappa shape index (κ1) is 25.5. The lowest BCUT2D eigenvalue weighted by molar-refractivity contribution is -0.0390. The van der Waals surface area contributed by atoms with E-state index in [4.69, 9.17) is 9.47 Å². The van der Waals surface area contributed by atoms with Crippen LogP contribution in [0.1, 0.15) is 36.5 Å². The Morgan fingerprint density at radius 2 is 1.87 bits per heavy atom. The van der Waals surface area contributed by atoms with Crippen molar-refractivity contribution >= 4 is 29.9 Å². The summed E-state index contributed by atoms with van der Waals surface area (Å²) in [6, 6.07) is 11.6. The van der Waals surface area contributed by atoms with E-state index in [0.29, 0.717) is 25.7 Å². The molecule has 1 aliphatic heterocycles. The number of ether oxygens (including phenoxy) is 2. The molecule has 0 atom stereocenters. The van der Waals surface area contributed by atoms with Crippen molar-refractivity contribution in [3.63, 3.8) is 0 Å². The lowest BCUT2D eigenvalue weighted by Crippen LogP contribution is -2.37. The van der Waals surface area contributed by atoms with E-state index in [0.717, 1.165) is 49.3 Å². The number of benzene rings is 2. The van der Waals surface area contributed by atoms with Crippen molar-refractivity contribution in [2.75, 3.05) is 19.8 Å². The predicted molar refractivity (Wildman–Crippen MR) is 129 cm³/mol. The van der Waals surface area contributed by atoms with Gasteiger partial charge in [-0.05, 0) is 49.1 Å². The van der Waals surface area contributed by atoms with Gasteiger partial charge in [0.05, 0.1) is 19.3 Å². The molecule has 0 amide bonds. The van der Waals surface area contributed by atoms with E-state index in [1.54, 1.807) is 0 Å². The summed E-state index contributed by atoms with van der Waals surface area (Å²) in [6.45, 7) is 5.32. The van der Waals surface area contributed by atoms with Crippen LogP contribution in [0.25, 0.3) is 0 Å². The molecule has 1 fully saturated rings. The number of nitrogens with one attached hydrogen (secondary N) is 2. The van der Waals surface area contributed by atoms with E-state index in [-0.39, 0.29) is 42.2 Å². The molecule has 0 aliphatic carbocycles. The molecule has 2 aromatic rings.